The number of hydrogen-bond acceptors (Lipinski definition) is 4. The normalized spacial score (nSPS) is 19.9. The van der Waals surface area contributed by atoms with Crippen molar-refractivity contribution in [3.05, 3.63) is 58.4 Å². The number of nitrogens with one attached hydrogen (secondary N) is 1. The van der Waals surface area contributed by atoms with Gasteiger partial charge in [-0.1, -0.05) is 51.2 Å². The molecular weight excluding hydrogens is 454 g/mol. The van der Waals surface area contributed by atoms with Gasteiger partial charge >= 0.3 is 0 Å². The predicted octanol–water partition coefficient (Wildman–Crippen LogP) is 6.64. The van der Waals surface area contributed by atoms with Gasteiger partial charge in [-0.25, -0.2) is 0 Å². The van der Waals surface area contributed by atoms with Crippen LogP contribution in [0.15, 0.2) is 46.0 Å². The molecule has 3 heterocycles. The van der Waals surface area contributed by atoms with Gasteiger partial charge in [0.05, 0.1) is 5.57 Å². The zero-order valence-electron chi connectivity index (χ0n) is 20.8. The summed E-state index contributed by atoms with van der Waals surface area (Å²) in [7, 11) is 0. The van der Waals surface area contributed by atoms with Gasteiger partial charge in [0.15, 0.2) is 5.84 Å². The van der Waals surface area contributed by atoms with Crippen LogP contribution in [0.1, 0.15) is 74.4 Å². The smallest absolute Gasteiger partial charge is 0.283 e. The number of benzene rings is 1. The molecule has 1 amide bonds. The molecule has 6 nitrogen and oxygen atoms in total. The van der Waals surface area contributed by atoms with Crippen LogP contribution in [0.25, 0.3) is 11.8 Å². The maximum atomic E-state index is 12.9. The second-order valence-electron chi connectivity index (χ2n) is 9.74. The molecule has 3 aliphatic rings. The molecule has 1 saturated carbocycles. The molecule has 35 heavy (non-hydrogen) atoms. The Hall–Kier alpha value is -2.93. The van der Waals surface area contributed by atoms with Crippen molar-refractivity contribution in [1.29, 1.82) is 5.41 Å². The summed E-state index contributed by atoms with van der Waals surface area (Å²) in [6.45, 7) is 6.26. The summed E-state index contributed by atoms with van der Waals surface area (Å²) in [6, 6.07) is 10.6. The van der Waals surface area contributed by atoms with Crippen molar-refractivity contribution < 1.29 is 4.79 Å². The van der Waals surface area contributed by atoms with Crippen LogP contribution in [-0.2, 0) is 11.2 Å². The molecule has 2 aromatic rings. The average Bonchev–Trinajstić information content (AvgIpc) is 3.40. The summed E-state index contributed by atoms with van der Waals surface area (Å²) < 4.78 is 2.19. The quantitative estimate of drug-likeness (QED) is 0.464. The number of rotatable bonds is 6. The molecule has 182 valence electrons. The van der Waals surface area contributed by atoms with Crippen LogP contribution in [0.3, 0.4) is 0 Å². The van der Waals surface area contributed by atoms with Gasteiger partial charge in [-0.2, -0.15) is 15.1 Å². The molecule has 1 aliphatic carbocycles. The summed E-state index contributed by atoms with van der Waals surface area (Å²) in [4.78, 5) is 17.2. The van der Waals surface area contributed by atoms with Gasteiger partial charge in [0.1, 0.15) is 5.04 Å². The number of aliphatic imine (C=N–C) groups is 1. The van der Waals surface area contributed by atoms with Crippen molar-refractivity contribution in [1.82, 2.24) is 9.58 Å². The van der Waals surface area contributed by atoms with E-state index in [1.807, 2.05) is 6.92 Å². The Balaban J connectivity index is 1.37. The highest BCUT2D eigenvalue weighted by Gasteiger charge is 2.35. The third-order valence-electron chi connectivity index (χ3n) is 7.36. The number of amidine groups is 2. The van der Waals surface area contributed by atoms with Gasteiger partial charge in [-0.15, -0.1) is 0 Å². The number of hydrogen-bond donors (Lipinski definition) is 1. The number of hydrazone groups is 1. The summed E-state index contributed by atoms with van der Waals surface area (Å²) in [6.07, 6.45) is 11.5. The Morgan fingerprint density at radius 2 is 1.89 bits per heavy atom. The lowest BCUT2D eigenvalue weighted by Crippen LogP contribution is -2.35. The Kier molecular flexibility index (Phi) is 6.78. The SMILES string of the molecule is CCc1ccc(-n2c(C)cc(/C=C3/C(=N)N4N=C(CCC5CCCCC5)SC4=NC3=O)c2C)cc1. The molecule has 7 heteroatoms. The minimum atomic E-state index is -0.366. The Morgan fingerprint density at radius 1 is 1.14 bits per heavy atom. The first-order valence-electron chi connectivity index (χ1n) is 12.7. The Bertz CT molecular complexity index is 1240. The first-order chi connectivity index (χ1) is 16.9. The molecule has 1 N–H and O–H groups in total. The number of fused-ring (bicyclic) bond motifs is 1. The third kappa shape index (κ3) is 4.79. The van der Waals surface area contributed by atoms with Gasteiger partial charge in [-0.3, -0.25) is 10.2 Å². The lowest BCUT2D eigenvalue weighted by Gasteiger charge is -2.20. The lowest BCUT2D eigenvalue weighted by molar-refractivity contribution is -0.114. The van der Waals surface area contributed by atoms with Crippen LogP contribution < -0.4 is 0 Å². The molecule has 2 aliphatic heterocycles. The van der Waals surface area contributed by atoms with Crippen LogP contribution in [0.4, 0.5) is 0 Å². The van der Waals surface area contributed by atoms with E-state index in [9.17, 15) is 4.79 Å². The number of aryl methyl sites for hydroxylation is 2. The van der Waals surface area contributed by atoms with E-state index in [1.54, 1.807) is 6.08 Å². The van der Waals surface area contributed by atoms with E-state index >= 15 is 0 Å². The minimum absolute atomic E-state index is 0.109. The molecule has 0 atom stereocenters. The number of carbonyl (C=O) groups is 1. The number of carbonyl (C=O) groups excluding carboxylic acids is 1. The van der Waals surface area contributed by atoms with E-state index < -0.39 is 0 Å². The fourth-order valence-corrected chi connectivity index (χ4v) is 6.20. The summed E-state index contributed by atoms with van der Waals surface area (Å²) >= 11 is 1.44. The topological polar surface area (TPSA) is 73.8 Å². The van der Waals surface area contributed by atoms with Crippen molar-refractivity contribution in [2.24, 2.45) is 16.0 Å². The van der Waals surface area contributed by atoms with Crippen LogP contribution >= 0.6 is 11.8 Å². The van der Waals surface area contributed by atoms with Crippen LogP contribution in [0.2, 0.25) is 0 Å². The molecule has 0 saturated heterocycles. The number of amides is 1. The van der Waals surface area contributed by atoms with Crippen LogP contribution in [0.5, 0.6) is 0 Å². The maximum absolute atomic E-state index is 12.9. The van der Waals surface area contributed by atoms with Crippen LogP contribution in [-0.4, -0.2) is 31.5 Å². The highest BCUT2D eigenvalue weighted by Crippen LogP contribution is 2.33. The van der Waals surface area contributed by atoms with Crippen LogP contribution in [0, 0.1) is 25.2 Å². The van der Waals surface area contributed by atoms with Crippen molar-refractivity contribution in [3.63, 3.8) is 0 Å². The van der Waals surface area contributed by atoms with E-state index in [4.69, 9.17) is 5.41 Å². The maximum Gasteiger partial charge on any atom is 0.283 e. The second-order valence-corrected chi connectivity index (χ2v) is 10.8. The second kappa shape index (κ2) is 9.97. The number of thioether (sulfide) groups is 1. The molecule has 1 aromatic heterocycles. The molecule has 1 aromatic carbocycles. The number of nitrogens with zero attached hydrogens (tertiary/aromatic N) is 4. The molecule has 0 bridgehead atoms. The average molecular weight is 488 g/mol. The number of aromatic nitrogens is 1. The van der Waals surface area contributed by atoms with E-state index in [2.05, 4.69) is 58.8 Å². The Labute approximate surface area is 211 Å². The van der Waals surface area contributed by atoms with Gasteiger partial charge in [0.2, 0.25) is 5.17 Å². The molecule has 0 unspecified atom stereocenters. The molecule has 0 spiro atoms. The Morgan fingerprint density at radius 3 is 2.60 bits per heavy atom. The van der Waals surface area contributed by atoms with Gasteiger partial charge in [0.25, 0.3) is 5.91 Å². The van der Waals surface area contributed by atoms with Crippen molar-refractivity contribution >= 4 is 39.8 Å². The van der Waals surface area contributed by atoms with Crippen molar-refractivity contribution in [3.8, 4) is 5.69 Å². The van der Waals surface area contributed by atoms with Gasteiger partial charge < -0.3 is 4.57 Å². The van der Waals surface area contributed by atoms with Crippen molar-refractivity contribution in [2.75, 3.05) is 0 Å². The molecule has 1 fully saturated rings. The standard InChI is InChI=1S/C28H33N5OS/c1-4-20-10-13-23(14-11-20)32-18(2)16-22(19(32)3)17-24-26(29)33-28(30-27(24)34)35-25(31-33)15-12-21-8-6-5-7-9-21/h10-11,13-14,16-17,21,29H,4-9,12,15H2,1-3H3/b24-17-,29-26?. The predicted molar refractivity (Wildman–Crippen MR) is 145 cm³/mol. The van der Waals surface area contributed by atoms with E-state index in [1.165, 1.54) is 54.4 Å². The first-order valence-corrected chi connectivity index (χ1v) is 13.5. The van der Waals surface area contributed by atoms with E-state index in [-0.39, 0.29) is 17.3 Å². The fraction of sp³-hybridized carbons (Fsp3) is 0.429. The van der Waals surface area contributed by atoms with E-state index in [0.29, 0.717) is 5.17 Å². The molecular formula is C28H33N5OS. The monoisotopic (exact) mass is 487 g/mol. The highest BCUT2D eigenvalue weighted by molar-refractivity contribution is 8.26. The zero-order valence-corrected chi connectivity index (χ0v) is 21.6. The first kappa shape index (κ1) is 23.8. The van der Waals surface area contributed by atoms with Gasteiger partial charge in [0, 0.05) is 17.1 Å². The summed E-state index contributed by atoms with van der Waals surface area (Å²) in [5.41, 5.74) is 5.71. The van der Waals surface area contributed by atoms with Gasteiger partial charge in [-0.05, 0) is 86.2 Å². The summed E-state index contributed by atoms with van der Waals surface area (Å²) in [5, 5.41) is 16.4. The third-order valence-corrected chi connectivity index (χ3v) is 8.33. The minimum Gasteiger partial charge on any atom is -0.318 e. The fourth-order valence-electron chi connectivity index (χ4n) is 5.30. The molecule has 0 radical (unpaired) electrons. The lowest BCUT2D eigenvalue weighted by atomic mass is 9.86. The van der Waals surface area contributed by atoms with Crippen molar-refractivity contribution in [2.45, 2.75) is 72.1 Å². The highest BCUT2D eigenvalue weighted by atomic mass is 32.2. The molecule has 5 rings (SSSR count). The summed E-state index contributed by atoms with van der Waals surface area (Å²) in [5.74, 6) is 0.517. The van der Waals surface area contributed by atoms with E-state index in [0.717, 1.165) is 52.9 Å². The largest absolute Gasteiger partial charge is 0.318 e. The zero-order chi connectivity index (χ0) is 24.5.